The van der Waals surface area contributed by atoms with Crippen LogP contribution < -0.4 is 5.32 Å². The summed E-state index contributed by atoms with van der Waals surface area (Å²) in [6.07, 6.45) is 6.70. The molecule has 1 atom stereocenters. The van der Waals surface area contributed by atoms with Gasteiger partial charge in [0.05, 0.1) is 9.21 Å². The molecule has 0 radical (unpaired) electrons. The molecule has 3 nitrogen and oxygen atoms in total. The Balaban J connectivity index is 1.65. The van der Waals surface area contributed by atoms with Gasteiger partial charge in [0.1, 0.15) is 0 Å². The van der Waals surface area contributed by atoms with Crippen LogP contribution >= 0.6 is 22.9 Å². The highest BCUT2D eigenvalue weighted by Crippen LogP contribution is 2.47. The number of amides is 1. The minimum absolute atomic E-state index is 0.0239. The lowest BCUT2D eigenvalue weighted by molar-refractivity contribution is 0.0919. The van der Waals surface area contributed by atoms with Crippen LogP contribution in [0.4, 0.5) is 0 Å². The van der Waals surface area contributed by atoms with Crippen LogP contribution in [0.1, 0.15) is 55.6 Å². The zero-order valence-corrected chi connectivity index (χ0v) is 15.7. The molecule has 2 aliphatic rings. The van der Waals surface area contributed by atoms with Crippen molar-refractivity contribution in [2.45, 2.75) is 52.0 Å². The van der Waals surface area contributed by atoms with Crippen molar-refractivity contribution in [1.29, 1.82) is 0 Å². The Morgan fingerprint density at radius 2 is 2.13 bits per heavy atom. The van der Waals surface area contributed by atoms with Gasteiger partial charge in [0, 0.05) is 25.7 Å². The minimum atomic E-state index is 0.0239. The summed E-state index contributed by atoms with van der Waals surface area (Å²) in [4.78, 5) is 15.6. The number of hydrogen-bond donors (Lipinski definition) is 1. The first-order chi connectivity index (χ1) is 11.0. The molecule has 1 spiro atoms. The standard InChI is InChI=1S/C18H27ClN2OS/c1-13(2)21-11-14(18(12-21)8-4-3-5-9-18)10-20-17(22)15-6-7-16(19)23-15/h6-7,13-14H,3-5,8-12H2,1-2H3,(H,20,22). The molecule has 23 heavy (non-hydrogen) atoms. The average Bonchev–Trinajstić information content (AvgIpc) is 3.10. The Hall–Kier alpha value is -0.580. The van der Waals surface area contributed by atoms with Gasteiger partial charge >= 0.3 is 0 Å². The van der Waals surface area contributed by atoms with Crippen molar-refractivity contribution in [2.24, 2.45) is 11.3 Å². The van der Waals surface area contributed by atoms with E-state index in [0.717, 1.165) is 13.1 Å². The summed E-state index contributed by atoms with van der Waals surface area (Å²) in [5.41, 5.74) is 0.420. The second-order valence-electron chi connectivity index (χ2n) is 7.46. The number of nitrogens with one attached hydrogen (secondary N) is 1. The number of likely N-dealkylation sites (tertiary alicyclic amines) is 1. The molecule has 5 heteroatoms. The SMILES string of the molecule is CC(C)N1CC(CNC(=O)c2ccc(Cl)s2)C2(CCCCC2)C1. The molecule has 1 aliphatic heterocycles. The quantitative estimate of drug-likeness (QED) is 0.867. The molecule has 2 heterocycles. The largest absolute Gasteiger partial charge is 0.351 e. The van der Waals surface area contributed by atoms with Gasteiger partial charge in [0.15, 0.2) is 0 Å². The predicted octanol–water partition coefficient (Wildman–Crippen LogP) is 4.42. The van der Waals surface area contributed by atoms with Gasteiger partial charge in [-0.25, -0.2) is 0 Å². The van der Waals surface area contributed by atoms with Gasteiger partial charge < -0.3 is 10.2 Å². The van der Waals surface area contributed by atoms with Crippen LogP contribution in [0.2, 0.25) is 4.34 Å². The van der Waals surface area contributed by atoms with Gasteiger partial charge in [0.2, 0.25) is 0 Å². The molecule has 1 N–H and O–H groups in total. The molecule has 1 aromatic rings. The van der Waals surface area contributed by atoms with E-state index in [9.17, 15) is 4.79 Å². The van der Waals surface area contributed by atoms with E-state index in [4.69, 9.17) is 11.6 Å². The lowest BCUT2D eigenvalue weighted by atomic mass is 9.67. The fourth-order valence-electron chi connectivity index (χ4n) is 4.31. The average molecular weight is 355 g/mol. The highest BCUT2D eigenvalue weighted by molar-refractivity contribution is 7.17. The van der Waals surface area contributed by atoms with Crippen LogP contribution in [0.25, 0.3) is 0 Å². The fraction of sp³-hybridized carbons (Fsp3) is 0.722. The first-order valence-corrected chi connectivity index (χ1v) is 9.97. The van der Waals surface area contributed by atoms with E-state index < -0.39 is 0 Å². The molecule has 1 aromatic heterocycles. The Morgan fingerprint density at radius 1 is 1.39 bits per heavy atom. The van der Waals surface area contributed by atoms with Crippen molar-refractivity contribution in [1.82, 2.24) is 10.2 Å². The number of halogens is 1. The van der Waals surface area contributed by atoms with Crippen LogP contribution in [0.3, 0.4) is 0 Å². The Morgan fingerprint density at radius 3 is 2.74 bits per heavy atom. The van der Waals surface area contributed by atoms with E-state index in [1.807, 2.05) is 6.07 Å². The molecule has 1 amide bonds. The van der Waals surface area contributed by atoms with E-state index in [0.29, 0.717) is 26.6 Å². The molecule has 2 fully saturated rings. The molecular formula is C18H27ClN2OS. The molecular weight excluding hydrogens is 328 g/mol. The van der Waals surface area contributed by atoms with Gasteiger partial charge in [-0.1, -0.05) is 30.9 Å². The highest BCUT2D eigenvalue weighted by atomic mass is 35.5. The Bertz CT molecular complexity index is 551. The second-order valence-corrected chi connectivity index (χ2v) is 9.17. The van der Waals surface area contributed by atoms with Gasteiger partial charge in [-0.15, -0.1) is 11.3 Å². The third-order valence-electron chi connectivity index (χ3n) is 5.72. The van der Waals surface area contributed by atoms with Crippen LogP contribution in [0.5, 0.6) is 0 Å². The van der Waals surface area contributed by atoms with Crippen molar-refractivity contribution >= 4 is 28.8 Å². The van der Waals surface area contributed by atoms with Crippen molar-refractivity contribution < 1.29 is 4.79 Å². The normalized spacial score (nSPS) is 24.4. The number of rotatable bonds is 4. The summed E-state index contributed by atoms with van der Waals surface area (Å²) in [5.74, 6) is 0.598. The first kappa shape index (κ1) is 17.2. The maximum Gasteiger partial charge on any atom is 0.261 e. The number of hydrogen-bond acceptors (Lipinski definition) is 3. The maximum absolute atomic E-state index is 12.3. The lowest BCUT2D eigenvalue weighted by Gasteiger charge is -2.38. The Labute approximate surface area is 148 Å². The van der Waals surface area contributed by atoms with E-state index in [1.165, 1.54) is 50.0 Å². The second kappa shape index (κ2) is 7.12. The molecule has 128 valence electrons. The maximum atomic E-state index is 12.3. The summed E-state index contributed by atoms with van der Waals surface area (Å²) in [5, 5.41) is 3.17. The van der Waals surface area contributed by atoms with E-state index in [1.54, 1.807) is 6.07 Å². The number of nitrogens with zero attached hydrogens (tertiary/aromatic N) is 1. The fourth-order valence-corrected chi connectivity index (χ4v) is 5.27. The summed E-state index contributed by atoms with van der Waals surface area (Å²) < 4.78 is 0.672. The molecule has 0 bridgehead atoms. The summed E-state index contributed by atoms with van der Waals surface area (Å²) in [6, 6.07) is 4.19. The van der Waals surface area contributed by atoms with Crippen molar-refractivity contribution in [3.63, 3.8) is 0 Å². The monoisotopic (exact) mass is 354 g/mol. The summed E-state index contributed by atoms with van der Waals surface area (Å²) in [7, 11) is 0. The molecule has 0 aromatic carbocycles. The van der Waals surface area contributed by atoms with E-state index >= 15 is 0 Å². The van der Waals surface area contributed by atoms with E-state index in [-0.39, 0.29) is 5.91 Å². The predicted molar refractivity (Wildman–Crippen MR) is 97.4 cm³/mol. The molecule has 1 aliphatic carbocycles. The van der Waals surface area contributed by atoms with Crippen LogP contribution in [0, 0.1) is 11.3 Å². The minimum Gasteiger partial charge on any atom is -0.351 e. The third-order valence-corrected chi connectivity index (χ3v) is 6.95. The first-order valence-electron chi connectivity index (χ1n) is 8.78. The van der Waals surface area contributed by atoms with Gasteiger partial charge in [-0.3, -0.25) is 4.79 Å². The summed E-state index contributed by atoms with van der Waals surface area (Å²) in [6.45, 7) is 7.67. The van der Waals surface area contributed by atoms with E-state index in [2.05, 4.69) is 24.1 Å². The summed E-state index contributed by atoms with van der Waals surface area (Å²) >= 11 is 7.29. The number of carbonyl (C=O) groups is 1. The molecule has 1 saturated heterocycles. The third kappa shape index (κ3) is 3.75. The number of thiophene rings is 1. The highest BCUT2D eigenvalue weighted by Gasteiger charge is 2.47. The molecule has 1 unspecified atom stereocenters. The van der Waals surface area contributed by atoms with Crippen LogP contribution in [0.15, 0.2) is 12.1 Å². The van der Waals surface area contributed by atoms with Crippen LogP contribution in [-0.4, -0.2) is 36.5 Å². The zero-order valence-electron chi connectivity index (χ0n) is 14.1. The van der Waals surface area contributed by atoms with Gasteiger partial charge in [-0.2, -0.15) is 0 Å². The van der Waals surface area contributed by atoms with Gasteiger partial charge in [-0.05, 0) is 50.2 Å². The van der Waals surface area contributed by atoms with Crippen molar-refractivity contribution in [3.05, 3.63) is 21.3 Å². The van der Waals surface area contributed by atoms with Crippen molar-refractivity contribution in [3.8, 4) is 0 Å². The topological polar surface area (TPSA) is 32.3 Å². The van der Waals surface area contributed by atoms with Crippen LogP contribution in [-0.2, 0) is 0 Å². The number of carbonyl (C=O) groups excluding carboxylic acids is 1. The lowest BCUT2D eigenvalue weighted by Crippen LogP contribution is -2.39. The zero-order chi connectivity index (χ0) is 16.4. The van der Waals surface area contributed by atoms with Crippen molar-refractivity contribution in [2.75, 3.05) is 19.6 Å². The molecule has 1 saturated carbocycles. The Kier molecular flexibility index (Phi) is 5.34. The smallest absolute Gasteiger partial charge is 0.261 e. The molecule has 3 rings (SSSR count). The van der Waals surface area contributed by atoms with Gasteiger partial charge in [0.25, 0.3) is 5.91 Å².